The van der Waals surface area contributed by atoms with Gasteiger partial charge < -0.3 is 14.8 Å². The molecular formula is C23H22ClNO4. The van der Waals surface area contributed by atoms with Crippen molar-refractivity contribution < 1.29 is 19.1 Å². The molecule has 2 aromatic carbocycles. The van der Waals surface area contributed by atoms with E-state index in [2.05, 4.69) is 5.32 Å². The number of amides is 1. The van der Waals surface area contributed by atoms with Crippen LogP contribution in [0.2, 0.25) is 5.02 Å². The van der Waals surface area contributed by atoms with E-state index in [4.69, 9.17) is 21.1 Å². The fourth-order valence-electron chi connectivity index (χ4n) is 4.36. The summed E-state index contributed by atoms with van der Waals surface area (Å²) in [5.74, 6) is 0.829. The second-order valence-electron chi connectivity index (χ2n) is 7.35. The zero-order chi connectivity index (χ0) is 20.5. The lowest BCUT2D eigenvalue weighted by Crippen LogP contribution is -2.38. The molecule has 1 aliphatic heterocycles. The lowest BCUT2D eigenvalue weighted by atomic mass is 9.73. The topological polar surface area (TPSA) is 64.6 Å². The van der Waals surface area contributed by atoms with Crippen LogP contribution in [0.25, 0.3) is 0 Å². The maximum Gasteiger partial charge on any atom is 0.225 e. The number of hydrogen-bond donors (Lipinski definition) is 1. The van der Waals surface area contributed by atoms with Gasteiger partial charge in [-0.25, -0.2) is 0 Å². The Kier molecular flexibility index (Phi) is 5.33. The third-order valence-corrected chi connectivity index (χ3v) is 6.04. The Morgan fingerprint density at radius 1 is 0.966 bits per heavy atom. The minimum Gasteiger partial charge on any atom is -0.497 e. The van der Waals surface area contributed by atoms with E-state index in [0.717, 1.165) is 11.1 Å². The predicted molar refractivity (Wildman–Crippen MR) is 111 cm³/mol. The van der Waals surface area contributed by atoms with Crippen molar-refractivity contribution in [1.29, 1.82) is 0 Å². The highest BCUT2D eigenvalue weighted by Crippen LogP contribution is 2.46. The first-order valence-electron chi connectivity index (χ1n) is 9.54. The van der Waals surface area contributed by atoms with Crippen LogP contribution in [0.3, 0.4) is 0 Å². The fourth-order valence-corrected chi connectivity index (χ4v) is 4.65. The van der Waals surface area contributed by atoms with E-state index >= 15 is 0 Å². The van der Waals surface area contributed by atoms with Crippen LogP contribution in [-0.2, 0) is 9.59 Å². The van der Waals surface area contributed by atoms with Crippen LogP contribution in [0.1, 0.15) is 42.2 Å². The van der Waals surface area contributed by atoms with E-state index in [1.165, 1.54) is 0 Å². The van der Waals surface area contributed by atoms with Crippen molar-refractivity contribution in [1.82, 2.24) is 5.32 Å². The molecule has 1 N–H and O–H groups in total. The van der Waals surface area contributed by atoms with Gasteiger partial charge in [0.15, 0.2) is 5.78 Å². The molecule has 4 rings (SSSR count). The molecule has 1 aliphatic carbocycles. The largest absolute Gasteiger partial charge is 0.497 e. The first kappa shape index (κ1) is 19.5. The molecule has 1 heterocycles. The Labute approximate surface area is 174 Å². The van der Waals surface area contributed by atoms with E-state index < -0.39 is 0 Å². The minimum atomic E-state index is -0.334. The third kappa shape index (κ3) is 3.62. The number of carbonyl (C=O) groups is 2. The summed E-state index contributed by atoms with van der Waals surface area (Å²) in [4.78, 5) is 25.7. The molecule has 0 fully saturated rings. The molecule has 5 nitrogen and oxygen atoms in total. The monoisotopic (exact) mass is 411 g/mol. The Morgan fingerprint density at radius 3 is 2.48 bits per heavy atom. The number of rotatable bonds is 4. The standard InChI is InChI=1S/C23H22ClNO4/c1-28-14-7-8-16(21(11-14)29-2)17-12-22(27)25-19-9-13(10-20(26)23(17)19)15-5-3-4-6-18(15)24/h3-8,11,13,17H,9-10,12H2,1-2H3,(H,25,27)/t13-,17-/m1/s1. The predicted octanol–water partition coefficient (Wildman–Crippen LogP) is 4.36. The highest BCUT2D eigenvalue weighted by atomic mass is 35.5. The SMILES string of the molecule is COc1ccc([C@H]2CC(=O)NC3=C2C(=O)C[C@H](c2ccccc2Cl)C3)c(OC)c1. The summed E-state index contributed by atoms with van der Waals surface area (Å²) in [5.41, 5.74) is 3.13. The quantitative estimate of drug-likeness (QED) is 0.811. The summed E-state index contributed by atoms with van der Waals surface area (Å²) in [6.45, 7) is 0. The van der Waals surface area contributed by atoms with Gasteiger partial charge >= 0.3 is 0 Å². The van der Waals surface area contributed by atoms with Gasteiger partial charge in [-0.15, -0.1) is 0 Å². The molecule has 6 heteroatoms. The molecule has 2 aliphatic rings. The smallest absolute Gasteiger partial charge is 0.225 e. The van der Waals surface area contributed by atoms with E-state index in [1.807, 2.05) is 36.4 Å². The molecule has 2 atom stereocenters. The number of nitrogens with one attached hydrogen (secondary N) is 1. The highest BCUT2D eigenvalue weighted by Gasteiger charge is 2.39. The molecule has 0 unspecified atom stereocenters. The summed E-state index contributed by atoms with van der Waals surface area (Å²) >= 11 is 6.36. The Balaban J connectivity index is 1.75. The van der Waals surface area contributed by atoms with Gasteiger partial charge in [-0.05, 0) is 30.0 Å². The number of allylic oxidation sites excluding steroid dienone is 2. The van der Waals surface area contributed by atoms with Gasteiger partial charge in [-0.2, -0.15) is 0 Å². The Morgan fingerprint density at radius 2 is 1.76 bits per heavy atom. The van der Waals surface area contributed by atoms with E-state index in [1.54, 1.807) is 20.3 Å². The Hall–Kier alpha value is -2.79. The van der Waals surface area contributed by atoms with Gasteiger partial charge in [0.05, 0.1) is 14.2 Å². The normalized spacial score (nSPS) is 21.5. The Bertz CT molecular complexity index is 1010. The molecule has 2 aromatic rings. The van der Waals surface area contributed by atoms with Crippen molar-refractivity contribution in [2.24, 2.45) is 0 Å². The number of carbonyl (C=O) groups excluding carboxylic acids is 2. The van der Waals surface area contributed by atoms with Gasteiger partial charge in [-0.1, -0.05) is 35.9 Å². The molecule has 0 radical (unpaired) electrons. The lowest BCUT2D eigenvalue weighted by molar-refractivity contribution is -0.122. The molecule has 0 saturated carbocycles. The second-order valence-corrected chi connectivity index (χ2v) is 7.76. The van der Waals surface area contributed by atoms with Crippen molar-refractivity contribution in [3.05, 3.63) is 69.9 Å². The third-order valence-electron chi connectivity index (χ3n) is 5.70. The number of benzene rings is 2. The number of ether oxygens (including phenoxy) is 2. The van der Waals surface area contributed by atoms with E-state index in [0.29, 0.717) is 40.6 Å². The number of halogens is 1. The van der Waals surface area contributed by atoms with Crippen LogP contribution < -0.4 is 14.8 Å². The number of Topliss-reactive ketones (excluding diaryl/α,β-unsaturated/α-hetero) is 1. The lowest BCUT2D eigenvalue weighted by Gasteiger charge is -2.35. The summed E-state index contributed by atoms with van der Waals surface area (Å²) in [5, 5.41) is 3.58. The number of hydrogen-bond acceptors (Lipinski definition) is 4. The molecule has 0 saturated heterocycles. The van der Waals surface area contributed by atoms with Crippen LogP contribution >= 0.6 is 11.6 Å². The van der Waals surface area contributed by atoms with Gasteiger partial charge in [0.2, 0.25) is 5.91 Å². The zero-order valence-corrected chi connectivity index (χ0v) is 17.1. The summed E-state index contributed by atoms with van der Waals surface area (Å²) in [7, 11) is 3.16. The van der Waals surface area contributed by atoms with E-state index in [-0.39, 0.29) is 29.9 Å². The van der Waals surface area contributed by atoms with Crippen molar-refractivity contribution in [2.75, 3.05) is 14.2 Å². The second kappa shape index (κ2) is 7.91. The molecule has 1 amide bonds. The average Bonchev–Trinajstić information content (AvgIpc) is 2.72. The van der Waals surface area contributed by atoms with Crippen molar-refractivity contribution in [3.8, 4) is 11.5 Å². The maximum absolute atomic E-state index is 13.2. The maximum atomic E-state index is 13.2. The summed E-state index contributed by atoms with van der Waals surface area (Å²) in [6, 6.07) is 13.0. The average molecular weight is 412 g/mol. The van der Waals surface area contributed by atoms with Gasteiger partial charge in [0, 0.05) is 46.7 Å². The number of methoxy groups -OCH3 is 2. The van der Waals surface area contributed by atoms with E-state index in [9.17, 15) is 9.59 Å². The molecular weight excluding hydrogens is 390 g/mol. The van der Waals surface area contributed by atoms with Gasteiger partial charge in [0.25, 0.3) is 0 Å². The van der Waals surface area contributed by atoms with Crippen molar-refractivity contribution >= 4 is 23.3 Å². The fraction of sp³-hybridized carbons (Fsp3) is 0.304. The first-order chi connectivity index (χ1) is 14.0. The van der Waals surface area contributed by atoms with Crippen LogP contribution in [0.5, 0.6) is 11.5 Å². The zero-order valence-electron chi connectivity index (χ0n) is 16.3. The molecule has 29 heavy (non-hydrogen) atoms. The van der Waals surface area contributed by atoms with Gasteiger partial charge in [0.1, 0.15) is 11.5 Å². The number of ketones is 1. The molecule has 0 aromatic heterocycles. The van der Waals surface area contributed by atoms with Gasteiger partial charge in [-0.3, -0.25) is 9.59 Å². The highest BCUT2D eigenvalue weighted by molar-refractivity contribution is 6.31. The summed E-state index contributed by atoms with van der Waals surface area (Å²) in [6.07, 6.45) is 1.16. The van der Waals surface area contributed by atoms with Crippen molar-refractivity contribution in [2.45, 2.75) is 31.1 Å². The minimum absolute atomic E-state index is 0.0408. The summed E-state index contributed by atoms with van der Waals surface area (Å²) < 4.78 is 10.8. The van der Waals surface area contributed by atoms with Crippen LogP contribution in [0.15, 0.2) is 53.7 Å². The van der Waals surface area contributed by atoms with Crippen LogP contribution in [-0.4, -0.2) is 25.9 Å². The van der Waals surface area contributed by atoms with Crippen LogP contribution in [0.4, 0.5) is 0 Å². The van der Waals surface area contributed by atoms with Crippen molar-refractivity contribution in [3.63, 3.8) is 0 Å². The molecule has 150 valence electrons. The molecule has 0 bridgehead atoms. The molecule has 0 spiro atoms. The first-order valence-corrected chi connectivity index (χ1v) is 9.92. The van der Waals surface area contributed by atoms with Crippen LogP contribution in [0, 0.1) is 0 Å².